The van der Waals surface area contributed by atoms with Crippen LogP contribution in [0.3, 0.4) is 0 Å². The average Bonchev–Trinajstić information content (AvgIpc) is 2.41. The molecule has 2 N–H and O–H groups in total. The van der Waals surface area contributed by atoms with E-state index in [0.717, 1.165) is 25.3 Å². The summed E-state index contributed by atoms with van der Waals surface area (Å²) in [5.74, 6) is -2.55. The fourth-order valence-electron chi connectivity index (χ4n) is 2.58. The second-order valence-corrected chi connectivity index (χ2v) is 5.02. The number of carbonyl (C=O) groups is 1. The van der Waals surface area contributed by atoms with Crippen LogP contribution in [0.4, 0.5) is 8.78 Å². The van der Waals surface area contributed by atoms with Crippen molar-refractivity contribution in [3.63, 3.8) is 0 Å². The largest absolute Gasteiger partial charge is 0.334 e. The molecule has 1 heterocycles. The molecule has 2 rings (SSSR count). The Balaban J connectivity index is 0.00000200. The minimum atomic E-state index is -1.08. The maximum absolute atomic E-state index is 13.7. The molecule has 0 radical (unpaired) electrons. The first kappa shape index (κ1) is 16.9. The Bertz CT molecular complexity index is 482. The summed E-state index contributed by atoms with van der Waals surface area (Å²) in [5, 5.41) is 0. The molecule has 1 aromatic carbocycles. The maximum Gasteiger partial charge on any atom is 0.257 e. The second-order valence-electron chi connectivity index (χ2n) is 5.02. The number of carbonyl (C=O) groups excluding carboxylic acids is 1. The van der Waals surface area contributed by atoms with E-state index in [-0.39, 0.29) is 30.1 Å². The number of benzene rings is 1. The molecule has 1 fully saturated rings. The van der Waals surface area contributed by atoms with Gasteiger partial charge in [0.05, 0.1) is 5.56 Å². The zero-order chi connectivity index (χ0) is 14.0. The number of halogens is 3. The minimum absolute atomic E-state index is 0. The zero-order valence-corrected chi connectivity index (χ0v) is 12.1. The summed E-state index contributed by atoms with van der Waals surface area (Å²) < 4.78 is 26.9. The van der Waals surface area contributed by atoms with Gasteiger partial charge in [0.1, 0.15) is 0 Å². The van der Waals surface area contributed by atoms with E-state index in [9.17, 15) is 13.6 Å². The third-order valence-electron chi connectivity index (χ3n) is 3.60. The van der Waals surface area contributed by atoms with Crippen molar-refractivity contribution in [2.45, 2.75) is 38.3 Å². The van der Waals surface area contributed by atoms with Crippen LogP contribution in [0.5, 0.6) is 0 Å². The van der Waals surface area contributed by atoms with Crippen LogP contribution in [0.25, 0.3) is 0 Å². The SMILES string of the molecule is CC(N)C1CCCCN1C(=O)c1cccc(F)c1F.Cl. The molecule has 0 aliphatic carbocycles. The van der Waals surface area contributed by atoms with Crippen molar-refractivity contribution in [3.8, 4) is 0 Å². The fraction of sp³-hybridized carbons (Fsp3) is 0.500. The number of nitrogens with two attached hydrogens (primary N) is 1. The van der Waals surface area contributed by atoms with Crippen molar-refractivity contribution in [2.24, 2.45) is 5.73 Å². The highest BCUT2D eigenvalue weighted by Gasteiger charge is 2.31. The first-order valence-electron chi connectivity index (χ1n) is 6.53. The van der Waals surface area contributed by atoms with Gasteiger partial charge in [0.2, 0.25) is 0 Å². The molecule has 112 valence electrons. The van der Waals surface area contributed by atoms with E-state index >= 15 is 0 Å². The van der Waals surface area contributed by atoms with Gasteiger partial charge in [-0.2, -0.15) is 0 Å². The molecule has 2 unspecified atom stereocenters. The normalized spacial score (nSPS) is 20.2. The van der Waals surface area contributed by atoms with Crippen LogP contribution >= 0.6 is 12.4 Å². The molecule has 0 spiro atoms. The van der Waals surface area contributed by atoms with Gasteiger partial charge in [-0.3, -0.25) is 4.79 Å². The van der Waals surface area contributed by atoms with Gasteiger partial charge < -0.3 is 10.6 Å². The standard InChI is InChI=1S/C14H18F2N2O.ClH/c1-9(17)12-7-2-3-8-18(12)14(19)10-5-4-6-11(15)13(10)16;/h4-6,9,12H,2-3,7-8,17H2,1H3;1H. The predicted molar refractivity (Wildman–Crippen MR) is 75.9 cm³/mol. The minimum Gasteiger partial charge on any atom is -0.334 e. The highest BCUT2D eigenvalue weighted by molar-refractivity contribution is 5.94. The summed E-state index contributed by atoms with van der Waals surface area (Å²) in [5.41, 5.74) is 5.66. The van der Waals surface area contributed by atoms with Crippen LogP contribution in [-0.4, -0.2) is 29.4 Å². The quantitative estimate of drug-likeness (QED) is 0.913. The van der Waals surface area contributed by atoms with Gasteiger partial charge in [0.15, 0.2) is 11.6 Å². The Morgan fingerprint density at radius 1 is 1.40 bits per heavy atom. The molecule has 0 bridgehead atoms. The Kier molecular flexibility index (Phi) is 5.89. The van der Waals surface area contributed by atoms with Crippen LogP contribution in [0.1, 0.15) is 36.5 Å². The van der Waals surface area contributed by atoms with Crippen molar-refractivity contribution in [1.29, 1.82) is 0 Å². The molecule has 1 aliphatic heterocycles. The molecule has 1 aromatic rings. The van der Waals surface area contributed by atoms with Gasteiger partial charge in [-0.1, -0.05) is 6.07 Å². The number of amides is 1. The van der Waals surface area contributed by atoms with Crippen molar-refractivity contribution < 1.29 is 13.6 Å². The molecule has 6 heteroatoms. The lowest BCUT2D eigenvalue weighted by Crippen LogP contribution is -2.51. The molecular formula is C14H19ClF2N2O. The lowest BCUT2D eigenvalue weighted by molar-refractivity contribution is 0.0578. The molecular weight excluding hydrogens is 286 g/mol. The summed E-state index contributed by atoms with van der Waals surface area (Å²) in [6, 6.07) is 3.37. The molecule has 20 heavy (non-hydrogen) atoms. The van der Waals surface area contributed by atoms with Gasteiger partial charge in [0, 0.05) is 18.6 Å². The summed E-state index contributed by atoms with van der Waals surface area (Å²) in [7, 11) is 0. The molecule has 2 atom stereocenters. The van der Waals surface area contributed by atoms with E-state index in [1.165, 1.54) is 12.1 Å². The molecule has 0 saturated carbocycles. The number of hydrogen-bond acceptors (Lipinski definition) is 2. The summed E-state index contributed by atoms with van der Waals surface area (Å²) in [6.45, 7) is 2.37. The van der Waals surface area contributed by atoms with Crippen LogP contribution in [0, 0.1) is 11.6 Å². The van der Waals surface area contributed by atoms with E-state index in [1.54, 1.807) is 4.90 Å². The molecule has 0 aromatic heterocycles. The number of nitrogens with zero attached hydrogens (tertiary/aromatic N) is 1. The molecule has 3 nitrogen and oxygen atoms in total. The number of piperidine rings is 1. The smallest absolute Gasteiger partial charge is 0.257 e. The van der Waals surface area contributed by atoms with Gasteiger partial charge in [0.25, 0.3) is 5.91 Å². The number of likely N-dealkylation sites (tertiary alicyclic amines) is 1. The highest BCUT2D eigenvalue weighted by atomic mass is 35.5. The molecule has 1 saturated heterocycles. The van der Waals surface area contributed by atoms with Gasteiger partial charge in [-0.25, -0.2) is 8.78 Å². The first-order valence-corrected chi connectivity index (χ1v) is 6.53. The van der Waals surface area contributed by atoms with Crippen molar-refractivity contribution in [2.75, 3.05) is 6.54 Å². The Morgan fingerprint density at radius 3 is 2.75 bits per heavy atom. The first-order chi connectivity index (χ1) is 9.02. The summed E-state index contributed by atoms with van der Waals surface area (Å²) >= 11 is 0. The van der Waals surface area contributed by atoms with Crippen molar-refractivity contribution >= 4 is 18.3 Å². The van der Waals surface area contributed by atoms with Crippen LogP contribution in [0.2, 0.25) is 0 Å². The van der Waals surface area contributed by atoms with E-state index < -0.39 is 17.5 Å². The number of rotatable bonds is 2. The summed E-state index contributed by atoms with van der Waals surface area (Å²) in [4.78, 5) is 13.9. The van der Waals surface area contributed by atoms with E-state index in [2.05, 4.69) is 0 Å². The second kappa shape index (κ2) is 6.99. The van der Waals surface area contributed by atoms with Crippen LogP contribution < -0.4 is 5.73 Å². The molecule has 1 aliphatic rings. The fourth-order valence-corrected chi connectivity index (χ4v) is 2.58. The van der Waals surface area contributed by atoms with Crippen molar-refractivity contribution in [1.82, 2.24) is 4.90 Å². The van der Waals surface area contributed by atoms with Crippen molar-refractivity contribution in [3.05, 3.63) is 35.4 Å². The average molecular weight is 305 g/mol. The monoisotopic (exact) mass is 304 g/mol. The van der Waals surface area contributed by atoms with Crippen LogP contribution in [0.15, 0.2) is 18.2 Å². The maximum atomic E-state index is 13.7. The third kappa shape index (κ3) is 3.27. The summed E-state index contributed by atoms with van der Waals surface area (Å²) in [6.07, 6.45) is 2.67. The zero-order valence-electron chi connectivity index (χ0n) is 11.3. The number of hydrogen-bond donors (Lipinski definition) is 1. The van der Waals surface area contributed by atoms with E-state index in [0.29, 0.717) is 6.54 Å². The predicted octanol–water partition coefficient (Wildman–Crippen LogP) is 2.73. The van der Waals surface area contributed by atoms with E-state index in [4.69, 9.17) is 5.73 Å². The van der Waals surface area contributed by atoms with E-state index in [1.807, 2.05) is 6.92 Å². The Labute approximate surface area is 123 Å². The topological polar surface area (TPSA) is 46.3 Å². The van der Waals surface area contributed by atoms with Gasteiger partial charge in [-0.15, -0.1) is 12.4 Å². The molecule has 1 amide bonds. The highest BCUT2D eigenvalue weighted by Crippen LogP contribution is 2.23. The Hall–Kier alpha value is -1.20. The Morgan fingerprint density at radius 2 is 2.10 bits per heavy atom. The van der Waals surface area contributed by atoms with Gasteiger partial charge >= 0.3 is 0 Å². The lowest BCUT2D eigenvalue weighted by Gasteiger charge is -2.38. The van der Waals surface area contributed by atoms with Gasteiger partial charge in [-0.05, 0) is 38.3 Å². The lowest BCUT2D eigenvalue weighted by atomic mass is 9.96. The van der Waals surface area contributed by atoms with Crippen LogP contribution in [-0.2, 0) is 0 Å². The third-order valence-corrected chi connectivity index (χ3v) is 3.60.